The molecule has 2 unspecified atom stereocenters. The van der Waals surface area contributed by atoms with Gasteiger partial charge in [-0.25, -0.2) is 14.9 Å². The summed E-state index contributed by atoms with van der Waals surface area (Å²) in [7, 11) is 0. The molecule has 2 aromatic rings. The van der Waals surface area contributed by atoms with Crippen molar-refractivity contribution in [3.63, 3.8) is 0 Å². The first-order valence-electron chi connectivity index (χ1n) is 8.03. The summed E-state index contributed by atoms with van der Waals surface area (Å²) in [6.45, 7) is 3.27. The summed E-state index contributed by atoms with van der Waals surface area (Å²) in [4.78, 5) is 9.27. The Balaban J connectivity index is 1.47. The molecule has 3 heterocycles. The van der Waals surface area contributed by atoms with Gasteiger partial charge < -0.3 is 9.80 Å². The zero-order chi connectivity index (χ0) is 18.4. The highest BCUT2D eigenvalue weighted by molar-refractivity contribution is 7.17. The Kier molecular flexibility index (Phi) is 4.58. The maximum Gasteiger partial charge on any atom is 0.185 e. The van der Waals surface area contributed by atoms with Crippen molar-refractivity contribution in [2.75, 3.05) is 36.0 Å². The van der Waals surface area contributed by atoms with E-state index < -0.39 is 5.82 Å². The molecule has 0 bridgehead atoms. The number of hydrogen-bond donors (Lipinski definition) is 2. The minimum atomic E-state index is -0.495. The van der Waals surface area contributed by atoms with E-state index in [0.717, 1.165) is 31.3 Å². The molecule has 2 fully saturated rings. The van der Waals surface area contributed by atoms with Crippen LogP contribution in [0.2, 0.25) is 10.0 Å². The van der Waals surface area contributed by atoms with Crippen LogP contribution in [0.5, 0.6) is 0 Å². The summed E-state index contributed by atoms with van der Waals surface area (Å²) >= 11 is 13.5. The summed E-state index contributed by atoms with van der Waals surface area (Å²) in [6, 6.07) is 2.95. The monoisotopic (exact) mass is 412 g/mol. The fourth-order valence-electron chi connectivity index (χ4n) is 3.69. The van der Waals surface area contributed by atoms with Crippen LogP contribution in [0.1, 0.15) is 4.88 Å². The zero-order valence-corrected chi connectivity index (χ0v) is 15.9. The van der Waals surface area contributed by atoms with Gasteiger partial charge in [0.2, 0.25) is 0 Å². The average molecular weight is 413 g/mol. The number of hydrogen-bond acceptors (Lipinski definition) is 6. The fourth-order valence-corrected chi connectivity index (χ4v) is 4.95. The number of rotatable bonds is 3. The van der Waals surface area contributed by atoms with Crippen LogP contribution in [0, 0.1) is 28.6 Å². The van der Waals surface area contributed by atoms with Crippen molar-refractivity contribution >= 4 is 51.2 Å². The molecule has 6 nitrogen and oxygen atoms in total. The molecule has 2 saturated heterocycles. The molecule has 1 aromatic heterocycles. The molecule has 0 radical (unpaired) electrons. The molecule has 2 aliphatic heterocycles. The van der Waals surface area contributed by atoms with E-state index in [9.17, 15) is 4.39 Å². The molecule has 2 N–H and O–H groups in total. The van der Waals surface area contributed by atoms with Crippen LogP contribution in [0.4, 0.5) is 15.2 Å². The van der Waals surface area contributed by atoms with Crippen molar-refractivity contribution in [3.05, 3.63) is 39.1 Å². The Hall–Kier alpha value is -1.77. The minimum Gasteiger partial charge on any atom is -0.369 e. The predicted octanol–water partition coefficient (Wildman–Crippen LogP) is 4.52. The number of halogens is 3. The molecular formula is C16H15Cl2FN6S. The predicted molar refractivity (Wildman–Crippen MR) is 102 cm³/mol. The topological polar surface area (TPSA) is 79.4 Å². The van der Waals surface area contributed by atoms with Crippen molar-refractivity contribution in [1.29, 1.82) is 10.9 Å². The number of nitrogens with zero attached hydrogens (tertiary/aromatic N) is 4. The lowest BCUT2D eigenvalue weighted by molar-refractivity contribution is 0.533. The number of thiazole rings is 1. The van der Waals surface area contributed by atoms with Crippen molar-refractivity contribution in [1.82, 2.24) is 4.98 Å². The van der Waals surface area contributed by atoms with Gasteiger partial charge in [0.25, 0.3) is 0 Å². The van der Waals surface area contributed by atoms with Crippen molar-refractivity contribution in [2.24, 2.45) is 17.0 Å². The lowest BCUT2D eigenvalue weighted by atomic mass is 10.0. The molecule has 4 rings (SSSR count). The van der Waals surface area contributed by atoms with Crippen molar-refractivity contribution in [3.8, 4) is 0 Å². The zero-order valence-electron chi connectivity index (χ0n) is 13.5. The van der Waals surface area contributed by atoms with Gasteiger partial charge in [-0.05, 0) is 12.1 Å². The molecule has 26 heavy (non-hydrogen) atoms. The lowest BCUT2D eigenvalue weighted by Gasteiger charge is -2.24. The van der Waals surface area contributed by atoms with E-state index in [1.165, 1.54) is 17.4 Å². The normalized spacial score (nSPS) is 22.0. The van der Waals surface area contributed by atoms with Gasteiger partial charge in [0.15, 0.2) is 11.0 Å². The smallest absolute Gasteiger partial charge is 0.185 e. The van der Waals surface area contributed by atoms with E-state index in [0.29, 0.717) is 27.4 Å². The number of anilines is 2. The number of benzene rings is 1. The summed E-state index contributed by atoms with van der Waals surface area (Å²) in [5, 5.41) is 12.1. The number of amidine groups is 1. The highest BCUT2D eigenvalue weighted by Gasteiger charge is 2.41. The van der Waals surface area contributed by atoms with Gasteiger partial charge in [-0.15, -0.1) is 5.11 Å². The Morgan fingerprint density at radius 2 is 1.85 bits per heavy atom. The Morgan fingerprint density at radius 1 is 1.19 bits per heavy atom. The quantitative estimate of drug-likeness (QED) is 0.336. The van der Waals surface area contributed by atoms with Crippen LogP contribution in [0.25, 0.3) is 0 Å². The fraction of sp³-hybridized carbons (Fsp3) is 0.375. The Morgan fingerprint density at radius 3 is 2.50 bits per heavy atom. The lowest BCUT2D eigenvalue weighted by Crippen LogP contribution is -2.28. The van der Waals surface area contributed by atoms with E-state index in [1.54, 1.807) is 12.3 Å². The second kappa shape index (κ2) is 6.75. The molecule has 2 atom stereocenters. The number of fused-ring (bicyclic) bond motifs is 1. The first-order chi connectivity index (χ1) is 12.5. The summed E-state index contributed by atoms with van der Waals surface area (Å²) in [5.74, 6) is 0.295. The molecular weight excluding hydrogens is 398 g/mol. The van der Waals surface area contributed by atoms with E-state index in [1.807, 2.05) is 0 Å². The Bertz CT molecular complexity index is 874. The Labute approximate surface area is 163 Å². The van der Waals surface area contributed by atoms with Gasteiger partial charge in [-0.2, -0.15) is 0 Å². The maximum atomic E-state index is 13.9. The van der Waals surface area contributed by atoms with E-state index >= 15 is 0 Å². The van der Waals surface area contributed by atoms with Gasteiger partial charge in [0.05, 0.1) is 21.8 Å². The van der Waals surface area contributed by atoms with Gasteiger partial charge in [-0.3, -0.25) is 5.41 Å². The third-order valence-corrected chi connectivity index (χ3v) is 6.57. The second-order valence-corrected chi connectivity index (χ2v) is 8.34. The molecule has 136 valence electrons. The summed E-state index contributed by atoms with van der Waals surface area (Å²) in [6.07, 6.45) is 1.59. The van der Waals surface area contributed by atoms with E-state index in [-0.39, 0.29) is 10.9 Å². The van der Waals surface area contributed by atoms with Crippen molar-refractivity contribution < 1.29 is 4.39 Å². The third-order valence-electron chi connectivity index (χ3n) is 4.91. The number of nitrogens with one attached hydrogen (secondary N) is 2. The van der Waals surface area contributed by atoms with Crippen LogP contribution in [0.3, 0.4) is 0 Å². The number of aromatic nitrogens is 1. The average Bonchev–Trinajstić information content (AvgIpc) is 3.30. The first kappa shape index (κ1) is 17.6. The highest BCUT2D eigenvalue weighted by atomic mass is 35.5. The molecule has 1 aromatic carbocycles. The molecule has 0 amide bonds. The minimum absolute atomic E-state index is 0.0723. The van der Waals surface area contributed by atoms with Gasteiger partial charge in [0.1, 0.15) is 5.82 Å². The van der Waals surface area contributed by atoms with E-state index in [4.69, 9.17) is 34.1 Å². The molecule has 2 aliphatic rings. The molecule has 10 heteroatoms. The second-order valence-electron chi connectivity index (χ2n) is 6.52. The first-order valence-corrected chi connectivity index (χ1v) is 9.60. The highest BCUT2D eigenvalue weighted by Crippen LogP contribution is 2.40. The van der Waals surface area contributed by atoms with Crippen LogP contribution in [-0.4, -0.2) is 37.0 Å². The summed E-state index contributed by atoms with van der Waals surface area (Å²) in [5.41, 5.74) is 7.59. The third kappa shape index (κ3) is 3.06. The standard InChI is InChI=1S/C16H15Cl2FN6S/c17-10-1-11(19)14(18)12(2-10)24-4-8-6-25(7-9(8)5-24)16-22-3-13(26-16)15(20)23-21/h1-3,8-9,20-21H,4-7H2. The molecule has 0 saturated carbocycles. The van der Waals surface area contributed by atoms with Gasteiger partial charge >= 0.3 is 0 Å². The molecule has 0 spiro atoms. The van der Waals surface area contributed by atoms with Gasteiger partial charge in [-0.1, -0.05) is 34.5 Å². The van der Waals surface area contributed by atoms with Crippen LogP contribution in [-0.2, 0) is 0 Å². The van der Waals surface area contributed by atoms with Crippen molar-refractivity contribution in [2.45, 2.75) is 0 Å². The van der Waals surface area contributed by atoms with Gasteiger partial charge in [0, 0.05) is 43.0 Å². The molecule has 0 aliphatic carbocycles. The van der Waals surface area contributed by atoms with Crippen LogP contribution >= 0.6 is 34.5 Å². The maximum absolute atomic E-state index is 13.9. The SMILES string of the molecule is N=NC(=N)c1cnc(N2CC3CN(c4cc(Cl)cc(F)c4Cl)CC3C2)s1. The van der Waals surface area contributed by atoms with E-state index in [2.05, 4.69) is 19.9 Å². The van der Waals surface area contributed by atoms with Crippen LogP contribution < -0.4 is 9.80 Å². The largest absolute Gasteiger partial charge is 0.369 e. The van der Waals surface area contributed by atoms with Crippen LogP contribution in [0.15, 0.2) is 23.4 Å². The summed E-state index contributed by atoms with van der Waals surface area (Å²) < 4.78 is 13.9.